The Morgan fingerprint density at radius 3 is 2.74 bits per heavy atom. The van der Waals surface area contributed by atoms with Crippen molar-refractivity contribution < 1.29 is 19.1 Å². The van der Waals surface area contributed by atoms with Gasteiger partial charge in [-0.15, -0.1) is 0 Å². The van der Waals surface area contributed by atoms with Crippen LogP contribution in [0.25, 0.3) is 0 Å². The van der Waals surface area contributed by atoms with Crippen LogP contribution in [-0.4, -0.2) is 34.5 Å². The molecular formula is C21H23FN2O3. The molecule has 1 saturated heterocycles. The lowest BCUT2D eigenvalue weighted by molar-refractivity contribution is -0.138. The number of hydrogen-bond donors (Lipinski definition) is 2. The Hall–Kier alpha value is -2.73. The van der Waals surface area contributed by atoms with Gasteiger partial charge in [-0.05, 0) is 55.2 Å². The molecule has 1 amide bonds. The summed E-state index contributed by atoms with van der Waals surface area (Å²) in [5, 5.41) is 12.3. The molecule has 2 N–H and O–H groups in total. The van der Waals surface area contributed by atoms with E-state index in [0.717, 1.165) is 24.0 Å². The van der Waals surface area contributed by atoms with Gasteiger partial charge >= 0.3 is 5.97 Å². The molecule has 2 atom stereocenters. The van der Waals surface area contributed by atoms with Gasteiger partial charge in [0, 0.05) is 13.1 Å². The number of aromatic carboxylic acids is 1. The summed E-state index contributed by atoms with van der Waals surface area (Å²) in [6, 6.07) is 12.5. The first kappa shape index (κ1) is 19.0. The lowest BCUT2D eigenvalue weighted by atomic mass is 9.99. The van der Waals surface area contributed by atoms with Crippen LogP contribution in [-0.2, 0) is 11.3 Å². The third-order valence-electron chi connectivity index (χ3n) is 5.02. The minimum absolute atomic E-state index is 0.0208. The van der Waals surface area contributed by atoms with Crippen LogP contribution in [0.5, 0.6) is 0 Å². The molecule has 0 aliphatic carbocycles. The Kier molecular flexibility index (Phi) is 5.86. The molecule has 142 valence electrons. The smallest absolute Gasteiger partial charge is 0.335 e. The Morgan fingerprint density at radius 2 is 2.04 bits per heavy atom. The quantitative estimate of drug-likeness (QED) is 0.818. The van der Waals surface area contributed by atoms with Gasteiger partial charge in [0.2, 0.25) is 5.91 Å². The van der Waals surface area contributed by atoms with Gasteiger partial charge in [0.1, 0.15) is 5.82 Å². The topological polar surface area (TPSA) is 69.6 Å². The number of carbonyl (C=O) groups excluding carboxylic acids is 1. The molecule has 1 heterocycles. The summed E-state index contributed by atoms with van der Waals surface area (Å²) >= 11 is 0. The number of likely N-dealkylation sites (tertiary alicyclic amines) is 1. The number of rotatable bonds is 6. The van der Waals surface area contributed by atoms with E-state index in [0.29, 0.717) is 13.1 Å². The summed E-state index contributed by atoms with van der Waals surface area (Å²) < 4.78 is 13.1. The Labute approximate surface area is 157 Å². The van der Waals surface area contributed by atoms with E-state index in [9.17, 15) is 14.0 Å². The van der Waals surface area contributed by atoms with E-state index in [1.54, 1.807) is 30.3 Å². The Morgan fingerprint density at radius 1 is 1.30 bits per heavy atom. The number of nitrogens with one attached hydrogen (secondary N) is 1. The van der Waals surface area contributed by atoms with Crippen molar-refractivity contribution in [1.29, 1.82) is 0 Å². The molecule has 1 aliphatic heterocycles. The summed E-state index contributed by atoms with van der Waals surface area (Å²) in [6.45, 7) is 3.05. The van der Waals surface area contributed by atoms with Crippen molar-refractivity contribution >= 4 is 11.9 Å². The van der Waals surface area contributed by atoms with Crippen molar-refractivity contribution in [1.82, 2.24) is 10.2 Å². The average Bonchev–Trinajstić information content (AvgIpc) is 2.67. The normalized spacial score (nSPS) is 18.4. The molecule has 0 saturated carbocycles. The highest BCUT2D eigenvalue weighted by molar-refractivity contribution is 5.87. The summed E-state index contributed by atoms with van der Waals surface area (Å²) in [7, 11) is 0. The molecule has 5 nitrogen and oxygen atoms in total. The van der Waals surface area contributed by atoms with Crippen LogP contribution in [0.15, 0.2) is 48.5 Å². The lowest BCUT2D eigenvalue weighted by Crippen LogP contribution is -2.51. The zero-order valence-electron chi connectivity index (χ0n) is 15.2. The number of carboxylic acid groups (broad SMARTS) is 1. The third kappa shape index (κ3) is 4.52. The predicted molar refractivity (Wildman–Crippen MR) is 99.8 cm³/mol. The molecule has 2 unspecified atom stereocenters. The number of nitrogens with zero attached hydrogens (tertiary/aromatic N) is 1. The fourth-order valence-corrected chi connectivity index (χ4v) is 3.45. The zero-order valence-corrected chi connectivity index (χ0v) is 15.2. The largest absolute Gasteiger partial charge is 0.478 e. The molecule has 3 rings (SSSR count). The molecule has 0 spiro atoms. The van der Waals surface area contributed by atoms with Crippen molar-refractivity contribution in [2.45, 2.75) is 38.4 Å². The van der Waals surface area contributed by atoms with Crippen molar-refractivity contribution in [2.24, 2.45) is 0 Å². The van der Waals surface area contributed by atoms with E-state index in [2.05, 4.69) is 5.32 Å². The first-order valence-electron chi connectivity index (χ1n) is 9.07. The van der Waals surface area contributed by atoms with E-state index in [-0.39, 0.29) is 29.4 Å². The predicted octanol–water partition coefficient (Wildman–Crippen LogP) is 3.37. The lowest BCUT2D eigenvalue weighted by Gasteiger charge is -2.37. The van der Waals surface area contributed by atoms with Gasteiger partial charge in [-0.25, -0.2) is 9.18 Å². The van der Waals surface area contributed by atoms with Gasteiger partial charge in [0.05, 0.1) is 17.6 Å². The number of carbonyl (C=O) groups is 2. The monoisotopic (exact) mass is 370 g/mol. The standard InChI is InChI=1S/C21H23FN2O3/c1-14(16-7-9-18(22)10-8-16)24-11-3-6-19(20(24)25)23-13-15-4-2-5-17(12-15)21(26)27/h2,4-5,7-10,12,14,19,23H,3,6,11,13H2,1H3,(H,26,27). The van der Waals surface area contributed by atoms with Crippen LogP contribution < -0.4 is 5.32 Å². The molecule has 1 fully saturated rings. The minimum Gasteiger partial charge on any atom is -0.478 e. The summed E-state index contributed by atoms with van der Waals surface area (Å²) in [6.07, 6.45) is 1.62. The number of halogens is 1. The highest BCUT2D eigenvalue weighted by Gasteiger charge is 2.31. The van der Waals surface area contributed by atoms with E-state index in [1.807, 2.05) is 17.9 Å². The molecule has 0 aromatic heterocycles. The number of benzene rings is 2. The maximum Gasteiger partial charge on any atom is 0.335 e. The maximum absolute atomic E-state index is 13.1. The fraction of sp³-hybridized carbons (Fsp3) is 0.333. The van der Waals surface area contributed by atoms with E-state index >= 15 is 0 Å². The summed E-state index contributed by atoms with van der Waals surface area (Å²) in [5.41, 5.74) is 1.96. The number of amides is 1. The van der Waals surface area contributed by atoms with Gasteiger partial charge in [-0.2, -0.15) is 0 Å². The SMILES string of the molecule is CC(c1ccc(F)cc1)N1CCCC(NCc2cccc(C(=O)O)c2)C1=O. The summed E-state index contributed by atoms with van der Waals surface area (Å²) in [5.74, 6) is -1.24. The molecule has 1 aliphatic rings. The van der Waals surface area contributed by atoms with E-state index in [4.69, 9.17) is 5.11 Å². The van der Waals surface area contributed by atoms with E-state index < -0.39 is 5.97 Å². The molecule has 6 heteroatoms. The van der Waals surface area contributed by atoms with Crippen LogP contribution in [0.4, 0.5) is 4.39 Å². The van der Waals surface area contributed by atoms with Crippen LogP contribution in [0.1, 0.15) is 47.3 Å². The first-order chi connectivity index (χ1) is 13.0. The highest BCUT2D eigenvalue weighted by Crippen LogP contribution is 2.25. The van der Waals surface area contributed by atoms with Gasteiger partial charge in [-0.3, -0.25) is 4.79 Å². The van der Waals surface area contributed by atoms with Crippen LogP contribution >= 0.6 is 0 Å². The fourth-order valence-electron chi connectivity index (χ4n) is 3.45. The van der Waals surface area contributed by atoms with Crippen molar-refractivity contribution in [3.8, 4) is 0 Å². The second-order valence-electron chi connectivity index (χ2n) is 6.84. The van der Waals surface area contributed by atoms with Crippen LogP contribution in [0, 0.1) is 5.82 Å². The number of piperidine rings is 1. The molecule has 27 heavy (non-hydrogen) atoms. The Bertz CT molecular complexity index is 822. The second kappa shape index (κ2) is 8.31. The number of hydrogen-bond acceptors (Lipinski definition) is 3. The molecule has 0 bridgehead atoms. The van der Waals surface area contributed by atoms with Crippen molar-refractivity contribution in [3.05, 3.63) is 71.0 Å². The molecule has 2 aromatic rings. The molecular weight excluding hydrogens is 347 g/mol. The second-order valence-corrected chi connectivity index (χ2v) is 6.84. The molecule has 2 aromatic carbocycles. The third-order valence-corrected chi connectivity index (χ3v) is 5.02. The average molecular weight is 370 g/mol. The number of carboxylic acids is 1. The maximum atomic E-state index is 13.1. The molecule has 0 radical (unpaired) electrons. The van der Waals surface area contributed by atoms with Crippen molar-refractivity contribution in [3.63, 3.8) is 0 Å². The summed E-state index contributed by atoms with van der Waals surface area (Å²) in [4.78, 5) is 25.8. The first-order valence-corrected chi connectivity index (χ1v) is 9.07. The van der Waals surface area contributed by atoms with Gasteiger partial charge in [-0.1, -0.05) is 24.3 Å². The van der Waals surface area contributed by atoms with Crippen LogP contribution in [0.2, 0.25) is 0 Å². The highest BCUT2D eigenvalue weighted by atomic mass is 19.1. The van der Waals surface area contributed by atoms with Gasteiger partial charge in [0.15, 0.2) is 0 Å². The zero-order chi connectivity index (χ0) is 19.4. The van der Waals surface area contributed by atoms with E-state index in [1.165, 1.54) is 12.1 Å². The van der Waals surface area contributed by atoms with Crippen LogP contribution in [0.3, 0.4) is 0 Å². The Balaban J connectivity index is 1.65. The van der Waals surface area contributed by atoms with Crippen molar-refractivity contribution in [2.75, 3.05) is 6.54 Å². The van der Waals surface area contributed by atoms with Gasteiger partial charge < -0.3 is 15.3 Å². The van der Waals surface area contributed by atoms with Gasteiger partial charge in [0.25, 0.3) is 0 Å². The minimum atomic E-state index is -0.968.